The molecule has 1 aromatic carbocycles. The van der Waals surface area contributed by atoms with Crippen LogP contribution in [-0.4, -0.2) is 48.4 Å². The van der Waals surface area contributed by atoms with Crippen LogP contribution in [0.2, 0.25) is 0 Å². The monoisotopic (exact) mass is 235 g/mol. The largest absolute Gasteiger partial charge is 0.488 e. The van der Waals surface area contributed by atoms with Gasteiger partial charge in [0.05, 0.1) is 6.61 Å². The molecule has 92 valence electrons. The molecule has 1 unspecified atom stereocenters. The quantitative estimate of drug-likeness (QED) is 0.696. The molecule has 17 heavy (non-hydrogen) atoms. The van der Waals surface area contributed by atoms with E-state index in [4.69, 9.17) is 14.8 Å². The van der Waals surface area contributed by atoms with Gasteiger partial charge in [-0.1, -0.05) is 24.3 Å². The van der Waals surface area contributed by atoms with Gasteiger partial charge in [0.15, 0.2) is 0 Å². The number of rotatable bonds is 4. The van der Waals surface area contributed by atoms with Gasteiger partial charge in [0.2, 0.25) is 0 Å². The third-order valence-electron chi connectivity index (χ3n) is 3.24. The molecular formula is C12H18BNO3. The van der Waals surface area contributed by atoms with Crippen molar-refractivity contribution in [1.29, 1.82) is 0 Å². The molecule has 2 rings (SSSR count). The molecule has 1 aromatic rings. The maximum Gasteiger partial charge on any atom is 0.488 e. The Labute approximate surface area is 102 Å². The second kappa shape index (κ2) is 5.64. The fourth-order valence-electron chi connectivity index (χ4n) is 2.08. The smallest absolute Gasteiger partial charge is 0.423 e. The van der Waals surface area contributed by atoms with Crippen molar-refractivity contribution >= 4 is 12.6 Å². The summed E-state index contributed by atoms with van der Waals surface area (Å²) >= 11 is 0. The zero-order valence-corrected chi connectivity index (χ0v) is 10.0. The maximum absolute atomic E-state index is 9.00. The Morgan fingerprint density at radius 1 is 1.35 bits per heavy atom. The van der Waals surface area contributed by atoms with Crippen molar-refractivity contribution < 1.29 is 14.8 Å². The van der Waals surface area contributed by atoms with Gasteiger partial charge in [-0.05, 0) is 24.5 Å². The molecule has 0 aliphatic carbocycles. The minimum Gasteiger partial charge on any atom is -0.423 e. The van der Waals surface area contributed by atoms with E-state index in [-0.39, 0.29) is 0 Å². The van der Waals surface area contributed by atoms with Crippen LogP contribution in [0, 0.1) is 0 Å². The van der Waals surface area contributed by atoms with Gasteiger partial charge in [-0.15, -0.1) is 0 Å². The van der Waals surface area contributed by atoms with Crippen LogP contribution in [0.3, 0.4) is 0 Å². The summed E-state index contributed by atoms with van der Waals surface area (Å²) in [7, 11) is 0.707. The van der Waals surface area contributed by atoms with Gasteiger partial charge < -0.3 is 14.8 Å². The first-order valence-corrected chi connectivity index (χ1v) is 5.90. The lowest BCUT2D eigenvalue weighted by Gasteiger charge is -2.22. The first-order valence-electron chi connectivity index (χ1n) is 5.90. The summed E-state index contributed by atoms with van der Waals surface area (Å²) in [5.41, 5.74) is 1.70. The fourth-order valence-corrected chi connectivity index (χ4v) is 2.08. The van der Waals surface area contributed by atoms with E-state index < -0.39 is 7.12 Å². The number of hydrogen-bond acceptors (Lipinski definition) is 4. The average molecular weight is 235 g/mol. The van der Waals surface area contributed by atoms with Crippen molar-refractivity contribution in [2.45, 2.75) is 19.0 Å². The Morgan fingerprint density at radius 3 is 2.59 bits per heavy atom. The third kappa shape index (κ3) is 3.29. The summed E-state index contributed by atoms with van der Waals surface area (Å²) in [6, 6.07) is 7.86. The van der Waals surface area contributed by atoms with E-state index in [1.54, 1.807) is 12.1 Å². The van der Waals surface area contributed by atoms with Crippen LogP contribution in [0.15, 0.2) is 24.3 Å². The van der Waals surface area contributed by atoms with Crippen LogP contribution in [0.5, 0.6) is 0 Å². The number of hydrogen-bond donors (Lipinski definition) is 2. The Balaban J connectivity index is 1.93. The Bertz CT molecular complexity index is 349. The molecule has 1 fully saturated rings. The van der Waals surface area contributed by atoms with Crippen LogP contribution >= 0.6 is 0 Å². The predicted octanol–water partition coefficient (Wildman–Crippen LogP) is -0.413. The molecule has 0 amide bonds. The van der Waals surface area contributed by atoms with E-state index in [2.05, 4.69) is 11.9 Å². The molecule has 5 heteroatoms. The minimum absolute atomic E-state index is 0.498. The van der Waals surface area contributed by atoms with Crippen molar-refractivity contribution in [2.24, 2.45) is 0 Å². The molecule has 2 N–H and O–H groups in total. The summed E-state index contributed by atoms with van der Waals surface area (Å²) in [6.07, 6.45) is 1.09. The fraction of sp³-hybridized carbons (Fsp3) is 0.500. The topological polar surface area (TPSA) is 52.9 Å². The summed E-state index contributed by atoms with van der Waals surface area (Å²) < 4.78 is 5.36. The molecule has 4 nitrogen and oxygen atoms in total. The molecule has 1 saturated heterocycles. The molecule has 1 aliphatic heterocycles. The Kier molecular flexibility index (Phi) is 4.18. The van der Waals surface area contributed by atoms with Crippen molar-refractivity contribution in [3.8, 4) is 0 Å². The van der Waals surface area contributed by atoms with Gasteiger partial charge in [0, 0.05) is 19.2 Å². The summed E-state index contributed by atoms with van der Waals surface area (Å²) in [6.45, 7) is 2.52. The summed E-state index contributed by atoms with van der Waals surface area (Å²) in [5.74, 6) is 0. The van der Waals surface area contributed by atoms with E-state index in [0.717, 1.165) is 26.2 Å². The first-order chi connectivity index (χ1) is 8.16. The Morgan fingerprint density at radius 2 is 2.06 bits per heavy atom. The van der Waals surface area contributed by atoms with Crippen molar-refractivity contribution in [2.75, 3.05) is 20.3 Å². The number of likely N-dealkylation sites (N-methyl/N-ethyl adjacent to an activating group) is 1. The summed E-state index contributed by atoms with van der Waals surface area (Å²) in [5, 5.41) is 18.0. The van der Waals surface area contributed by atoms with E-state index in [1.165, 1.54) is 5.56 Å². The normalized spacial score (nSPS) is 19.9. The van der Waals surface area contributed by atoms with Crippen molar-refractivity contribution in [1.82, 2.24) is 4.90 Å². The lowest BCUT2D eigenvalue weighted by Crippen LogP contribution is -2.32. The van der Waals surface area contributed by atoms with Crippen LogP contribution in [-0.2, 0) is 11.3 Å². The molecule has 1 heterocycles. The van der Waals surface area contributed by atoms with Crippen LogP contribution in [0.25, 0.3) is 0 Å². The highest BCUT2D eigenvalue weighted by molar-refractivity contribution is 6.58. The molecule has 1 aliphatic rings. The van der Waals surface area contributed by atoms with Crippen molar-refractivity contribution in [3.63, 3.8) is 0 Å². The lowest BCUT2D eigenvalue weighted by atomic mass is 9.80. The predicted molar refractivity (Wildman–Crippen MR) is 67.0 cm³/mol. The average Bonchev–Trinajstić information content (AvgIpc) is 2.83. The molecular weight excluding hydrogens is 217 g/mol. The standard InChI is InChI=1S/C12H18BNO3/c1-14(12-6-7-17-9-12)8-10-2-4-11(5-3-10)13(15)16/h2-5,12,15-16H,6-9H2,1H3. The first kappa shape index (κ1) is 12.6. The summed E-state index contributed by atoms with van der Waals surface area (Å²) in [4.78, 5) is 2.28. The van der Waals surface area contributed by atoms with Crippen molar-refractivity contribution in [3.05, 3.63) is 29.8 Å². The second-order valence-corrected chi connectivity index (χ2v) is 4.55. The Hall–Kier alpha value is -0.875. The highest BCUT2D eigenvalue weighted by Crippen LogP contribution is 2.13. The van der Waals surface area contributed by atoms with Gasteiger partial charge in [-0.2, -0.15) is 0 Å². The highest BCUT2D eigenvalue weighted by atomic mass is 16.5. The molecule has 0 radical (unpaired) electrons. The van der Waals surface area contributed by atoms with Crippen LogP contribution < -0.4 is 5.46 Å². The van der Waals surface area contributed by atoms with E-state index in [9.17, 15) is 0 Å². The highest BCUT2D eigenvalue weighted by Gasteiger charge is 2.20. The molecule has 0 saturated carbocycles. The van der Waals surface area contributed by atoms with Crippen LogP contribution in [0.4, 0.5) is 0 Å². The van der Waals surface area contributed by atoms with E-state index >= 15 is 0 Å². The van der Waals surface area contributed by atoms with Gasteiger partial charge in [-0.3, -0.25) is 4.90 Å². The zero-order valence-electron chi connectivity index (χ0n) is 10.0. The number of ether oxygens (including phenoxy) is 1. The van der Waals surface area contributed by atoms with Crippen LogP contribution in [0.1, 0.15) is 12.0 Å². The van der Waals surface area contributed by atoms with E-state index in [1.807, 2.05) is 12.1 Å². The number of benzene rings is 1. The third-order valence-corrected chi connectivity index (χ3v) is 3.24. The van der Waals surface area contributed by atoms with E-state index in [0.29, 0.717) is 11.5 Å². The van der Waals surface area contributed by atoms with Gasteiger partial charge >= 0.3 is 7.12 Å². The van der Waals surface area contributed by atoms with Gasteiger partial charge in [0.1, 0.15) is 0 Å². The molecule has 1 atom stereocenters. The lowest BCUT2D eigenvalue weighted by molar-refractivity contribution is 0.156. The maximum atomic E-state index is 9.00. The number of nitrogens with zero attached hydrogens (tertiary/aromatic N) is 1. The molecule has 0 aromatic heterocycles. The molecule has 0 bridgehead atoms. The molecule has 0 spiro atoms. The minimum atomic E-state index is -1.38. The zero-order chi connectivity index (χ0) is 12.3. The van der Waals surface area contributed by atoms with Gasteiger partial charge in [0.25, 0.3) is 0 Å². The SMILES string of the molecule is CN(Cc1ccc(B(O)O)cc1)C1CCOC1. The van der Waals surface area contributed by atoms with Gasteiger partial charge in [-0.25, -0.2) is 0 Å². The second-order valence-electron chi connectivity index (χ2n) is 4.55.